The summed E-state index contributed by atoms with van der Waals surface area (Å²) in [6.07, 6.45) is 3.79. The lowest BCUT2D eigenvalue weighted by Gasteiger charge is -2.17. The molecular formula is C80H49N11O. The molecule has 0 atom stereocenters. The van der Waals surface area contributed by atoms with Crippen LogP contribution in [0, 0.1) is 0 Å². The second-order valence-electron chi connectivity index (χ2n) is 22.4. The zero-order valence-corrected chi connectivity index (χ0v) is 49.1. The van der Waals surface area contributed by atoms with Gasteiger partial charge in [0, 0.05) is 95.3 Å². The van der Waals surface area contributed by atoms with Crippen LogP contribution in [0.1, 0.15) is 0 Å². The predicted molar refractivity (Wildman–Crippen MR) is 366 cm³/mol. The molecule has 11 aromatic carbocycles. The van der Waals surface area contributed by atoms with Crippen molar-refractivity contribution >= 4 is 43.7 Å². The van der Waals surface area contributed by atoms with Crippen LogP contribution in [0.2, 0.25) is 0 Å². The summed E-state index contributed by atoms with van der Waals surface area (Å²) in [6, 6.07) is 96.4. The number of fused-ring (bicyclic) bond motifs is 6. The molecule has 12 heteroatoms. The van der Waals surface area contributed by atoms with E-state index in [1.54, 1.807) is 0 Å². The van der Waals surface area contributed by atoms with E-state index >= 15 is 0 Å². The maximum Gasteiger partial charge on any atom is 0.164 e. The van der Waals surface area contributed by atoms with E-state index < -0.39 is 0 Å². The lowest BCUT2D eigenvalue weighted by Crippen LogP contribution is -2.03. The van der Waals surface area contributed by atoms with Gasteiger partial charge in [0.2, 0.25) is 0 Å². The molecule has 0 bridgehead atoms. The summed E-state index contributed by atoms with van der Waals surface area (Å²) in [7, 11) is 0. The second-order valence-corrected chi connectivity index (χ2v) is 22.4. The molecule has 17 rings (SSSR count). The standard InChI is InChI=1S/C80H49N11O/c1-7-21-50(22-8-1)72-82-73(51-23-9-2-10-24-51)86-78(85-72)57-35-40-68-64(46-57)65-47-58(79-87-74(52-25-11-3-12-26-52)83-75(88-79)53-27-13-4-14-28-53)36-41-69(65)91(68)59-38-39-62(80-89-76(54-29-15-5-16-30-54)84-77(90-80)55-31-17-6-18-32-55)63(48-59)60-43-44-81-49-67(60)56-37-42-71-66(45-56)61-33-19-20-34-70(61)92-71/h1-49H. The maximum absolute atomic E-state index is 6.36. The van der Waals surface area contributed by atoms with E-state index in [1.807, 2.05) is 219 Å². The van der Waals surface area contributed by atoms with E-state index in [0.29, 0.717) is 52.4 Å². The molecule has 12 nitrogen and oxygen atoms in total. The van der Waals surface area contributed by atoms with Gasteiger partial charge in [-0.25, -0.2) is 44.9 Å². The van der Waals surface area contributed by atoms with Crippen molar-refractivity contribution in [3.05, 3.63) is 298 Å². The first-order chi connectivity index (χ1) is 45.6. The van der Waals surface area contributed by atoms with E-state index in [-0.39, 0.29) is 0 Å². The number of hydrogen-bond acceptors (Lipinski definition) is 11. The molecule has 0 aliphatic heterocycles. The van der Waals surface area contributed by atoms with Crippen molar-refractivity contribution in [3.8, 4) is 130 Å². The number of pyridine rings is 1. The highest BCUT2D eigenvalue weighted by Gasteiger charge is 2.24. The van der Waals surface area contributed by atoms with Gasteiger partial charge in [-0.3, -0.25) is 4.98 Å². The first-order valence-corrected chi connectivity index (χ1v) is 30.3. The Morgan fingerprint density at radius 1 is 0.228 bits per heavy atom. The second kappa shape index (κ2) is 22.7. The Labute approximate surface area is 527 Å². The molecule has 0 radical (unpaired) electrons. The molecule has 17 aromatic rings. The third-order valence-corrected chi connectivity index (χ3v) is 16.7. The normalized spacial score (nSPS) is 11.5. The van der Waals surface area contributed by atoms with Gasteiger partial charge >= 0.3 is 0 Å². The van der Waals surface area contributed by atoms with E-state index in [4.69, 9.17) is 54.3 Å². The Kier molecular flexibility index (Phi) is 13.2. The number of rotatable bonds is 12. The smallest absolute Gasteiger partial charge is 0.164 e. The Morgan fingerprint density at radius 3 is 1.04 bits per heavy atom. The van der Waals surface area contributed by atoms with Crippen molar-refractivity contribution in [1.29, 1.82) is 0 Å². The van der Waals surface area contributed by atoms with Gasteiger partial charge in [-0.1, -0.05) is 206 Å². The summed E-state index contributed by atoms with van der Waals surface area (Å²) in [5, 5.41) is 3.96. The SMILES string of the molecule is c1ccc(-c2nc(-c3ccccc3)nc(-c3ccc4c(c3)c3cc(-c5nc(-c6ccccc6)nc(-c6ccccc6)n5)ccc3n4-c3ccc(-c4nc(-c5ccccc5)nc(-c5ccccc5)n4)c(-c4ccncc4-c4ccc5oc6ccccc6c5c4)c3)n2)cc1. The highest BCUT2D eigenvalue weighted by Crippen LogP contribution is 2.44. The summed E-state index contributed by atoms with van der Waals surface area (Å²) >= 11 is 0. The van der Waals surface area contributed by atoms with Crippen LogP contribution in [0.15, 0.2) is 302 Å². The van der Waals surface area contributed by atoms with Crippen LogP contribution in [-0.4, -0.2) is 54.4 Å². The van der Waals surface area contributed by atoms with Crippen LogP contribution in [0.3, 0.4) is 0 Å². The Morgan fingerprint density at radius 2 is 0.598 bits per heavy atom. The largest absolute Gasteiger partial charge is 0.456 e. The van der Waals surface area contributed by atoms with Crippen molar-refractivity contribution in [3.63, 3.8) is 0 Å². The van der Waals surface area contributed by atoms with Crippen LogP contribution in [0.5, 0.6) is 0 Å². The zero-order chi connectivity index (χ0) is 60.9. The molecule has 430 valence electrons. The van der Waals surface area contributed by atoms with Gasteiger partial charge in [-0.15, -0.1) is 0 Å². The average Bonchev–Trinajstić information content (AvgIpc) is 1.81. The fourth-order valence-corrected chi connectivity index (χ4v) is 12.2. The molecule has 0 saturated heterocycles. The Balaban J connectivity index is 0.917. The number of nitrogens with zero attached hydrogens (tertiary/aromatic N) is 11. The maximum atomic E-state index is 6.36. The number of para-hydroxylation sites is 1. The number of hydrogen-bond donors (Lipinski definition) is 0. The van der Waals surface area contributed by atoms with Crippen molar-refractivity contribution in [2.75, 3.05) is 0 Å². The van der Waals surface area contributed by atoms with Crippen LogP contribution in [0.4, 0.5) is 0 Å². The molecule has 92 heavy (non-hydrogen) atoms. The molecule has 0 aliphatic rings. The molecule has 0 aliphatic carbocycles. The van der Waals surface area contributed by atoms with Gasteiger partial charge in [0.1, 0.15) is 11.2 Å². The lowest BCUT2D eigenvalue weighted by molar-refractivity contribution is 0.669. The highest BCUT2D eigenvalue weighted by molar-refractivity contribution is 6.12. The highest BCUT2D eigenvalue weighted by atomic mass is 16.3. The summed E-state index contributed by atoms with van der Waals surface area (Å²) in [4.78, 5) is 51.5. The van der Waals surface area contributed by atoms with Crippen molar-refractivity contribution in [1.82, 2.24) is 54.4 Å². The predicted octanol–water partition coefficient (Wildman–Crippen LogP) is 19.0. The molecule has 0 fully saturated rings. The van der Waals surface area contributed by atoms with E-state index in [2.05, 4.69) is 83.4 Å². The summed E-state index contributed by atoms with van der Waals surface area (Å²) < 4.78 is 8.68. The van der Waals surface area contributed by atoms with Gasteiger partial charge in [-0.2, -0.15) is 0 Å². The summed E-state index contributed by atoms with van der Waals surface area (Å²) in [5.41, 5.74) is 15.8. The molecule has 0 amide bonds. The van der Waals surface area contributed by atoms with Crippen molar-refractivity contribution in [2.45, 2.75) is 0 Å². The molecule has 6 aromatic heterocycles. The van der Waals surface area contributed by atoms with Gasteiger partial charge in [0.25, 0.3) is 0 Å². The average molecular weight is 1180 g/mol. The zero-order valence-electron chi connectivity index (χ0n) is 49.1. The van der Waals surface area contributed by atoms with Gasteiger partial charge < -0.3 is 8.98 Å². The van der Waals surface area contributed by atoms with Crippen LogP contribution >= 0.6 is 0 Å². The van der Waals surface area contributed by atoms with Gasteiger partial charge in [-0.05, 0) is 95.6 Å². The Hall–Kier alpha value is -12.8. The van der Waals surface area contributed by atoms with E-state index in [1.165, 1.54) is 0 Å². The van der Waals surface area contributed by atoms with E-state index in [0.717, 1.165) is 122 Å². The minimum absolute atomic E-state index is 0.513. The van der Waals surface area contributed by atoms with Crippen LogP contribution in [0.25, 0.3) is 174 Å². The number of aromatic nitrogens is 11. The minimum Gasteiger partial charge on any atom is -0.456 e. The van der Waals surface area contributed by atoms with Gasteiger partial charge in [0.15, 0.2) is 52.4 Å². The fraction of sp³-hybridized carbons (Fsp3) is 0. The molecule has 0 N–H and O–H groups in total. The molecule has 0 unspecified atom stereocenters. The lowest BCUT2D eigenvalue weighted by atomic mass is 9.92. The molecular weight excluding hydrogens is 1130 g/mol. The topological polar surface area (TPSA) is 147 Å². The monoisotopic (exact) mass is 1180 g/mol. The first kappa shape index (κ1) is 53.4. The van der Waals surface area contributed by atoms with Crippen molar-refractivity contribution in [2.24, 2.45) is 0 Å². The van der Waals surface area contributed by atoms with Crippen molar-refractivity contribution < 1.29 is 4.42 Å². The van der Waals surface area contributed by atoms with Gasteiger partial charge in [0.05, 0.1) is 11.0 Å². The number of furan rings is 1. The molecule has 0 spiro atoms. The third kappa shape index (κ3) is 9.86. The molecule has 6 heterocycles. The third-order valence-electron chi connectivity index (χ3n) is 16.7. The summed E-state index contributed by atoms with van der Waals surface area (Å²) in [5.74, 6) is 4.99. The van der Waals surface area contributed by atoms with Crippen LogP contribution in [-0.2, 0) is 0 Å². The summed E-state index contributed by atoms with van der Waals surface area (Å²) in [6.45, 7) is 0. The number of benzene rings is 11. The van der Waals surface area contributed by atoms with E-state index in [9.17, 15) is 0 Å². The van der Waals surface area contributed by atoms with Crippen LogP contribution < -0.4 is 0 Å². The quantitative estimate of drug-likeness (QED) is 0.115. The fourth-order valence-electron chi connectivity index (χ4n) is 12.2. The molecule has 0 saturated carbocycles. The Bertz CT molecular complexity index is 5270. The first-order valence-electron chi connectivity index (χ1n) is 30.3. The minimum atomic E-state index is 0.513.